The van der Waals surface area contributed by atoms with Crippen LogP contribution < -0.4 is 10.1 Å². The maximum absolute atomic E-state index is 13.1. The van der Waals surface area contributed by atoms with Crippen molar-refractivity contribution in [2.45, 2.75) is 57.9 Å². The number of rotatable bonds is 8. The van der Waals surface area contributed by atoms with Crippen molar-refractivity contribution in [1.82, 2.24) is 10.3 Å². The first kappa shape index (κ1) is 25.3. The Kier molecular flexibility index (Phi) is 7.64. The van der Waals surface area contributed by atoms with Crippen molar-refractivity contribution in [3.8, 4) is 5.88 Å². The van der Waals surface area contributed by atoms with E-state index in [0.29, 0.717) is 6.20 Å². The predicted molar refractivity (Wildman–Crippen MR) is 126 cm³/mol. The standard InChI is InChI=1S/C27H29F3N2O2/c1-18-10-12-20(13-11-18)16-23(21-8-6-5-7-9-21)19(2)32-25(33)26(3,4)34-24-15-14-22(17-31-24)27(28,29)30/h5-15,17,19,23H,16H2,1-4H3,(H,32,33). The van der Waals surface area contributed by atoms with Crippen LogP contribution in [-0.4, -0.2) is 22.5 Å². The lowest BCUT2D eigenvalue weighted by atomic mass is 9.86. The van der Waals surface area contributed by atoms with E-state index in [9.17, 15) is 18.0 Å². The molecular formula is C27H29F3N2O2. The minimum absolute atomic E-state index is 0.00727. The summed E-state index contributed by atoms with van der Waals surface area (Å²) in [5, 5.41) is 3.03. The Bertz CT molecular complexity index is 1080. The van der Waals surface area contributed by atoms with Gasteiger partial charge in [0.05, 0.1) is 5.56 Å². The fraction of sp³-hybridized carbons (Fsp3) is 0.333. The summed E-state index contributed by atoms with van der Waals surface area (Å²) in [6.07, 6.45) is -3.07. The lowest BCUT2D eigenvalue weighted by Gasteiger charge is -2.30. The molecule has 0 spiro atoms. The SMILES string of the molecule is Cc1ccc(CC(c2ccccc2)C(C)NC(=O)C(C)(C)Oc2ccc(C(F)(F)F)cn2)cc1. The van der Waals surface area contributed by atoms with Crippen LogP contribution in [0.2, 0.25) is 0 Å². The van der Waals surface area contributed by atoms with Crippen LogP contribution in [0.4, 0.5) is 13.2 Å². The van der Waals surface area contributed by atoms with Gasteiger partial charge in [-0.2, -0.15) is 13.2 Å². The molecule has 2 atom stereocenters. The molecule has 0 aliphatic rings. The highest BCUT2D eigenvalue weighted by molar-refractivity contribution is 5.85. The molecule has 4 nitrogen and oxygen atoms in total. The van der Waals surface area contributed by atoms with Crippen LogP contribution in [0, 0.1) is 6.92 Å². The molecule has 180 valence electrons. The molecule has 0 saturated carbocycles. The highest BCUT2D eigenvalue weighted by Crippen LogP contribution is 2.30. The van der Waals surface area contributed by atoms with Gasteiger partial charge in [0, 0.05) is 24.2 Å². The Morgan fingerprint density at radius 2 is 1.65 bits per heavy atom. The number of hydrogen-bond donors (Lipinski definition) is 1. The molecular weight excluding hydrogens is 441 g/mol. The summed E-state index contributed by atoms with van der Waals surface area (Å²) in [6.45, 7) is 7.10. The Labute approximate surface area is 198 Å². The number of ether oxygens (including phenoxy) is 1. The van der Waals surface area contributed by atoms with Gasteiger partial charge in [0.15, 0.2) is 5.60 Å². The molecule has 2 unspecified atom stereocenters. The van der Waals surface area contributed by atoms with E-state index in [-0.39, 0.29) is 23.7 Å². The van der Waals surface area contributed by atoms with Gasteiger partial charge in [-0.25, -0.2) is 4.98 Å². The van der Waals surface area contributed by atoms with Crippen molar-refractivity contribution in [2.75, 3.05) is 0 Å². The molecule has 0 bridgehead atoms. The molecule has 0 aliphatic carbocycles. The molecule has 1 heterocycles. The molecule has 0 aliphatic heterocycles. The third-order valence-corrected chi connectivity index (χ3v) is 5.74. The van der Waals surface area contributed by atoms with Crippen molar-refractivity contribution in [3.63, 3.8) is 0 Å². The number of hydrogen-bond acceptors (Lipinski definition) is 3. The number of nitrogens with one attached hydrogen (secondary N) is 1. The van der Waals surface area contributed by atoms with Gasteiger partial charge in [-0.1, -0.05) is 60.2 Å². The zero-order chi connectivity index (χ0) is 24.9. The number of nitrogens with zero attached hydrogens (tertiary/aromatic N) is 1. The monoisotopic (exact) mass is 470 g/mol. The summed E-state index contributed by atoms with van der Waals surface area (Å²) in [7, 11) is 0. The lowest BCUT2D eigenvalue weighted by Crippen LogP contribution is -2.51. The van der Waals surface area contributed by atoms with Crippen molar-refractivity contribution < 1.29 is 22.7 Å². The summed E-state index contributed by atoms with van der Waals surface area (Å²) in [5.41, 5.74) is 1.21. The van der Waals surface area contributed by atoms with Gasteiger partial charge in [-0.05, 0) is 51.3 Å². The molecule has 7 heteroatoms. The Balaban J connectivity index is 1.73. The second-order valence-corrected chi connectivity index (χ2v) is 8.96. The number of carbonyl (C=O) groups is 1. The average molecular weight is 471 g/mol. The molecule has 0 saturated heterocycles. The van der Waals surface area contributed by atoms with Gasteiger partial charge in [-0.3, -0.25) is 4.79 Å². The smallest absolute Gasteiger partial charge is 0.417 e. The largest absolute Gasteiger partial charge is 0.462 e. The Morgan fingerprint density at radius 3 is 2.21 bits per heavy atom. The van der Waals surface area contributed by atoms with E-state index < -0.39 is 17.3 Å². The molecule has 3 rings (SSSR count). The molecule has 2 aromatic carbocycles. The fourth-order valence-electron chi connectivity index (χ4n) is 3.66. The topological polar surface area (TPSA) is 51.2 Å². The summed E-state index contributed by atoms with van der Waals surface area (Å²) in [5.74, 6) is -0.431. The van der Waals surface area contributed by atoms with E-state index in [1.54, 1.807) is 13.8 Å². The predicted octanol–water partition coefficient (Wildman–Crippen LogP) is 6.10. The number of pyridine rings is 1. The zero-order valence-electron chi connectivity index (χ0n) is 19.7. The first-order valence-electron chi connectivity index (χ1n) is 11.1. The number of amides is 1. The van der Waals surface area contributed by atoms with Gasteiger partial charge in [0.25, 0.3) is 5.91 Å². The quantitative estimate of drug-likeness (QED) is 0.433. The molecule has 3 aromatic rings. The molecule has 0 fully saturated rings. The van der Waals surface area contributed by atoms with Gasteiger partial charge in [-0.15, -0.1) is 0 Å². The molecule has 1 amide bonds. The number of benzene rings is 2. The first-order valence-corrected chi connectivity index (χ1v) is 11.1. The molecule has 1 aromatic heterocycles. The second-order valence-electron chi connectivity index (χ2n) is 8.96. The van der Waals surface area contributed by atoms with Gasteiger partial charge >= 0.3 is 6.18 Å². The van der Waals surface area contributed by atoms with Crippen LogP contribution in [0.3, 0.4) is 0 Å². The number of alkyl halides is 3. The van der Waals surface area contributed by atoms with E-state index in [4.69, 9.17) is 4.74 Å². The summed E-state index contributed by atoms with van der Waals surface area (Å²) < 4.78 is 44.0. The summed E-state index contributed by atoms with van der Waals surface area (Å²) >= 11 is 0. The van der Waals surface area contributed by atoms with Crippen LogP contribution in [0.1, 0.15) is 48.9 Å². The van der Waals surface area contributed by atoms with Gasteiger partial charge in [0.1, 0.15) is 0 Å². The zero-order valence-corrected chi connectivity index (χ0v) is 19.7. The first-order chi connectivity index (χ1) is 16.0. The normalized spacial score (nSPS) is 13.7. The third kappa shape index (κ3) is 6.59. The number of carbonyl (C=O) groups excluding carboxylic acids is 1. The van der Waals surface area contributed by atoms with Crippen LogP contribution >= 0.6 is 0 Å². The van der Waals surface area contributed by atoms with Crippen molar-refractivity contribution >= 4 is 5.91 Å². The maximum Gasteiger partial charge on any atom is 0.417 e. The average Bonchev–Trinajstić information content (AvgIpc) is 2.78. The van der Waals surface area contributed by atoms with Crippen molar-refractivity contribution in [2.24, 2.45) is 0 Å². The van der Waals surface area contributed by atoms with E-state index in [0.717, 1.165) is 29.7 Å². The minimum atomic E-state index is -4.49. The van der Waals surface area contributed by atoms with Gasteiger partial charge < -0.3 is 10.1 Å². The molecule has 1 N–H and O–H groups in total. The summed E-state index contributed by atoms with van der Waals surface area (Å²) in [4.78, 5) is 16.8. The maximum atomic E-state index is 13.1. The summed E-state index contributed by atoms with van der Waals surface area (Å²) in [6, 6.07) is 20.0. The van der Waals surface area contributed by atoms with Crippen LogP contribution in [0.25, 0.3) is 0 Å². The highest BCUT2D eigenvalue weighted by Gasteiger charge is 2.34. The van der Waals surface area contributed by atoms with E-state index >= 15 is 0 Å². The minimum Gasteiger partial charge on any atom is -0.462 e. The van der Waals surface area contributed by atoms with E-state index in [1.165, 1.54) is 5.56 Å². The van der Waals surface area contributed by atoms with Crippen molar-refractivity contribution in [3.05, 3.63) is 95.2 Å². The third-order valence-electron chi connectivity index (χ3n) is 5.74. The lowest BCUT2D eigenvalue weighted by molar-refractivity contribution is -0.138. The van der Waals surface area contributed by atoms with Crippen LogP contribution in [0.5, 0.6) is 5.88 Å². The molecule has 0 radical (unpaired) electrons. The van der Waals surface area contributed by atoms with Crippen molar-refractivity contribution in [1.29, 1.82) is 0 Å². The van der Waals surface area contributed by atoms with Crippen LogP contribution in [0.15, 0.2) is 72.9 Å². The van der Waals surface area contributed by atoms with E-state index in [1.807, 2.05) is 44.2 Å². The Morgan fingerprint density at radius 1 is 1.00 bits per heavy atom. The number of halogens is 3. The number of aromatic nitrogens is 1. The fourth-order valence-corrected chi connectivity index (χ4v) is 3.66. The highest BCUT2D eigenvalue weighted by atomic mass is 19.4. The van der Waals surface area contributed by atoms with Crippen LogP contribution in [-0.2, 0) is 17.4 Å². The number of aryl methyl sites for hydroxylation is 1. The second kappa shape index (κ2) is 10.3. The van der Waals surface area contributed by atoms with Gasteiger partial charge in [0.2, 0.25) is 5.88 Å². The Hall–Kier alpha value is -3.35. The van der Waals surface area contributed by atoms with E-state index in [2.05, 4.69) is 34.6 Å². The molecule has 34 heavy (non-hydrogen) atoms.